The van der Waals surface area contributed by atoms with Crippen LogP contribution in [0.5, 0.6) is 0 Å². The van der Waals surface area contributed by atoms with E-state index >= 15 is 0 Å². The molecule has 0 heterocycles. The molecule has 1 N–H and O–H groups in total. The first-order valence-electron chi connectivity index (χ1n) is 13.9. The zero-order valence-electron chi connectivity index (χ0n) is 24.6. The number of benzene rings is 3. The van der Waals surface area contributed by atoms with E-state index in [0.717, 1.165) is 27.4 Å². The quantitative estimate of drug-likeness (QED) is 0.270. The number of nitrogens with zero attached hydrogens (tertiary/aromatic N) is 2. The molecule has 2 amide bonds. The third-order valence-electron chi connectivity index (χ3n) is 7.14. The van der Waals surface area contributed by atoms with Gasteiger partial charge in [0.15, 0.2) is 0 Å². The third kappa shape index (κ3) is 8.11. The Balaban J connectivity index is 2.10. The van der Waals surface area contributed by atoms with E-state index in [2.05, 4.69) is 5.32 Å². The lowest BCUT2D eigenvalue weighted by molar-refractivity contribution is -0.140. The first-order valence-corrected chi connectivity index (χ1v) is 15.7. The Bertz CT molecular complexity index is 1470. The normalized spacial score (nSPS) is 12.9. The number of rotatable bonds is 12. The molecule has 220 valence electrons. The fourth-order valence-electron chi connectivity index (χ4n) is 4.62. The molecule has 3 rings (SSSR count). The van der Waals surface area contributed by atoms with Crippen LogP contribution in [0.3, 0.4) is 0 Å². The minimum atomic E-state index is -4.15. The van der Waals surface area contributed by atoms with Gasteiger partial charge < -0.3 is 10.2 Å². The second-order valence-electron chi connectivity index (χ2n) is 10.5. The van der Waals surface area contributed by atoms with E-state index in [4.69, 9.17) is 11.6 Å². The van der Waals surface area contributed by atoms with Crippen LogP contribution >= 0.6 is 11.6 Å². The largest absolute Gasteiger partial charge is 0.352 e. The molecule has 0 fully saturated rings. The first kappa shape index (κ1) is 32.2. The first-order chi connectivity index (χ1) is 19.4. The van der Waals surface area contributed by atoms with Gasteiger partial charge in [-0.15, -0.1) is 0 Å². The summed E-state index contributed by atoms with van der Waals surface area (Å²) in [4.78, 5) is 29.2. The van der Waals surface area contributed by atoms with Gasteiger partial charge in [-0.25, -0.2) is 8.42 Å². The molecule has 0 saturated carbocycles. The SMILES string of the molecule is CC[C@H](C)NC(=O)[C@H](CC)N(Cc1cccc(C)c1)C(=O)CN(c1ccc(Cl)cc1C)S(=O)(=O)c1ccc(C)cc1. The maximum absolute atomic E-state index is 14.2. The lowest BCUT2D eigenvalue weighted by Crippen LogP contribution is -2.53. The molecule has 0 aliphatic heterocycles. The van der Waals surface area contributed by atoms with Gasteiger partial charge >= 0.3 is 0 Å². The van der Waals surface area contributed by atoms with Crippen LogP contribution in [-0.4, -0.2) is 43.8 Å². The fraction of sp³-hybridized carbons (Fsp3) is 0.375. The van der Waals surface area contributed by atoms with Crippen molar-refractivity contribution in [2.45, 2.75) is 77.9 Å². The number of amides is 2. The minimum absolute atomic E-state index is 0.0667. The summed E-state index contributed by atoms with van der Waals surface area (Å²) in [5.41, 5.74) is 3.73. The summed E-state index contributed by atoms with van der Waals surface area (Å²) in [7, 11) is -4.15. The molecule has 0 aliphatic rings. The van der Waals surface area contributed by atoms with Crippen LogP contribution in [0.2, 0.25) is 5.02 Å². The number of nitrogens with one attached hydrogen (secondary N) is 1. The Hall–Kier alpha value is -3.36. The van der Waals surface area contributed by atoms with Gasteiger partial charge in [-0.2, -0.15) is 0 Å². The van der Waals surface area contributed by atoms with Gasteiger partial charge in [-0.1, -0.05) is 73.0 Å². The molecule has 0 spiro atoms. The zero-order valence-corrected chi connectivity index (χ0v) is 26.2. The molecule has 0 bridgehead atoms. The van der Waals surface area contributed by atoms with Crippen LogP contribution < -0.4 is 9.62 Å². The van der Waals surface area contributed by atoms with Crippen LogP contribution in [0.4, 0.5) is 5.69 Å². The number of carbonyl (C=O) groups excluding carboxylic acids is 2. The van der Waals surface area contributed by atoms with Gasteiger partial charge in [0.1, 0.15) is 12.6 Å². The Morgan fingerprint density at radius 3 is 2.17 bits per heavy atom. The molecule has 3 aromatic rings. The van der Waals surface area contributed by atoms with Crippen molar-refractivity contribution in [2.75, 3.05) is 10.8 Å². The Morgan fingerprint density at radius 2 is 1.59 bits per heavy atom. The van der Waals surface area contributed by atoms with E-state index < -0.39 is 28.5 Å². The van der Waals surface area contributed by atoms with Crippen LogP contribution in [-0.2, 0) is 26.2 Å². The number of hydrogen-bond donors (Lipinski definition) is 1. The molecule has 2 atom stereocenters. The molecule has 0 radical (unpaired) electrons. The molecule has 7 nitrogen and oxygen atoms in total. The lowest BCUT2D eigenvalue weighted by Gasteiger charge is -2.34. The number of aryl methyl sites for hydroxylation is 3. The average Bonchev–Trinajstić information content (AvgIpc) is 2.92. The minimum Gasteiger partial charge on any atom is -0.352 e. The highest BCUT2D eigenvalue weighted by Crippen LogP contribution is 2.29. The summed E-state index contributed by atoms with van der Waals surface area (Å²) in [6.45, 7) is 11.0. The van der Waals surface area contributed by atoms with Gasteiger partial charge in [-0.05, 0) is 82.0 Å². The van der Waals surface area contributed by atoms with Crippen LogP contribution in [0.15, 0.2) is 71.6 Å². The smallest absolute Gasteiger partial charge is 0.264 e. The van der Waals surface area contributed by atoms with Crippen molar-refractivity contribution in [1.82, 2.24) is 10.2 Å². The fourth-order valence-corrected chi connectivity index (χ4v) is 6.32. The highest BCUT2D eigenvalue weighted by molar-refractivity contribution is 7.92. The third-order valence-corrected chi connectivity index (χ3v) is 9.15. The molecular weight excluding hydrogens is 558 g/mol. The number of sulfonamides is 1. The van der Waals surface area contributed by atoms with Crippen molar-refractivity contribution in [3.63, 3.8) is 0 Å². The number of halogens is 1. The average molecular weight is 598 g/mol. The summed E-state index contributed by atoms with van der Waals surface area (Å²) < 4.78 is 29.2. The van der Waals surface area contributed by atoms with E-state index in [1.54, 1.807) is 37.3 Å². The van der Waals surface area contributed by atoms with Crippen molar-refractivity contribution < 1.29 is 18.0 Å². The van der Waals surface area contributed by atoms with E-state index in [9.17, 15) is 18.0 Å². The van der Waals surface area contributed by atoms with E-state index in [-0.39, 0.29) is 23.4 Å². The van der Waals surface area contributed by atoms with Crippen molar-refractivity contribution in [3.05, 3.63) is 94.0 Å². The lowest BCUT2D eigenvalue weighted by atomic mass is 10.1. The van der Waals surface area contributed by atoms with Crippen molar-refractivity contribution in [1.29, 1.82) is 0 Å². The van der Waals surface area contributed by atoms with Crippen LogP contribution in [0, 0.1) is 20.8 Å². The van der Waals surface area contributed by atoms with E-state index in [0.29, 0.717) is 22.7 Å². The molecule has 3 aromatic carbocycles. The number of carbonyl (C=O) groups is 2. The highest BCUT2D eigenvalue weighted by Gasteiger charge is 2.34. The number of anilines is 1. The number of hydrogen-bond acceptors (Lipinski definition) is 4. The van der Waals surface area contributed by atoms with Gasteiger partial charge in [0.2, 0.25) is 11.8 Å². The molecular formula is C32H40ClN3O4S. The molecule has 0 aliphatic carbocycles. The summed E-state index contributed by atoms with van der Waals surface area (Å²) in [5.74, 6) is -0.749. The van der Waals surface area contributed by atoms with Crippen molar-refractivity contribution >= 4 is 39.1 Å². The highest BCUT2D eigenvalue weighted by atomic mass is 35.5. The second kappa shape index (κ2) is 14.0. The standard InChI is InChI=1S/C32H40ClN3O4S/c1-7-25(6)34-32(38)29(8-2)35(20-26-11-9-10-23(4)18-26)31(37)21-36(30-17-14-27(33)19-24(30)5)41(39,40)28-15-12-22(3)13-16-28/h9-19,25,29H,7-8,20-21H2,1-6H3,(H,34,38)/t25-,29-/m0/s1. The molecule has 9 heteroatoms. The maximum atomic E-state index is 14.2. The Labute approximate surface area is 249 Å². The van der Waals surface area contributed by atoms with Crippen LogP contribution in [0.25, 0.3) is 0 Å². The summed E-state index contributed by atoms with van der Waals surface area (Å²) in [5, 5.41) is 3.45. The monoisotopic (exact) mass is 597 g/mol. The predicted octanol–water partition coefficient (Wildman–Crippen LogP) is 6.18. The summed E-state index contributed by atoms with van der Waals surface area (Å²) in [6.07, 6.45) is 1.11. The van der Waals surface area contributed by atoms with Gasteiger partial charge in [0.25, 0.3) is 10.0 Å². The van der Waals surface area contributed by atoms with E-state index in [1.807, 2.05) is 58.9 Å². The predicted molar refractivity (Wildman–Crippen MR) is 166 cm³/mol. The van der Waals surface area contributed by atoms with Crippen molar-refractivity contribution in [3.8, 4) is 0 Å². The zero-order chi connectivity index (χ0) is 30.3. The second-order valence-corrected chi connectivity index (χ2v) is 12.8. The molecule has 0 saturated heterocycles. The Morgan fingerprint density at radius 1 is 0.902 bits per heavy atom. The maximum Gasteiger partial charge on any atom is 0.264 e. The van der Waals surface area contributed by atoms with Gasteiger partial charge in [-0.3, -0.25) is 13.9 Å². The van der Waals surface area contributed by atoms with Gasteiger partial charge in [0, 0.05) is 17.6 Å². The Kier molecular flexibility index (Phi) is 11.0. The molecule has 41 heavy (non-hydrogen) atoms. The molecule has 0 unspecified atom stereocenters. The van der Waals surface area contributed by atoms with Gasteiger partial charge in [0.05, 0.1) is 10.6 Å². The topological polar surface area (TPSA) is 86.8 Å². The summed E-state index contributed by atoms with van der Waals surface area (Å²) in [6, 6.07) is 18.3. The van der Waals surface area contributed by atoms with Crippen LogP contribution in [0.1, 0.15) is 55.9 Å². The molecule has 0 aromatic heterocycles. The van der Waals surface area contributed by atoms with Crippen molar-refractivity contribution in [2.24, 2.45) is 0 Å². The summed E-state index contributed by atoms with van der Waals surface area (Å²) >= 11 is 6.19. The van der Waals surface area contributed by atoms with E-state index in [1.165, 1.54) is 17.0 Å².